The molecule has 0 saturated carbocycles. The number of aliphatic carboxylic acids is 1. The van der Waals surface area contributed by atoms with Gasteiger partial charge in [-0.2, -0.15) is 0 Å². The molecule has 9 heteroatoms. The summed E-state index contributed by atoms with van der Waals surface area (Å²) in [4.78, 5) is 10.5. The van der Waals surface area contributed by atoms with Gasteiger partial charge in [-0.1, -0.05) is 153 Å². The van der Waals surface area contributed by atoms with Crippen LogP contribution in [0.5, 0.6) is 17.2 Å². The number of carboxylic acid groups (broad SMARTS) is 1. The predicted molar refractivity (Wildman–Crippen MR) is 239 cm³/mol. The maximum absolute atomic E-state index is 10.5. The summed E-state index contributed by atoms with van der Waals surface area (Å²) < 4.78 is 40.2. The maximum atomic E-state index is 10.5. The van der Waals surface area contributed by atoms with Gasteiger partial charge in [0.15, 0.2) is 0 Å². The van der Waals surface area contributed by atoms with Gasteiger partial charge in [0.25, 0.3) is 0 Å². The van der Waals surface area contributed by atoms with Gasteiger partial charge in [0.2, 0.25) is 0 Å². The first-order valence-electron chi connectivity index (χ1n) is 22.9. The molecular weight excluding hydrogens is 745 g/mol. The Kier molecular flexibility index (Phi) is 28.8. The molecule has 59 heavy (non-hydrogen) atoms. The van der Waals surface area contributed by atoms with Crippen LogP contribution >= 0.6 is 0 Å². The minimum absolute atomic E-state index is 0.236. The van der Waals surface area contributed by atoms with E-state index in [2.05, 4.69) is 80.6 Å². The molecule has 330 valence electrons. The van der Waals surface area contributed by atoms with Crippen LogP contribution in [0.1, 0.15) is 129 Å². The molecule has 1 N–H and O–H groups in total. The Morgan fingerprint density at radius 1 is 0.407 bits per heavy atom. The van der Waals surface area contributed by atoms with Crippen LogP contribution in [0.2, 0.25) is 0 Å². The van der Waals surface area contributed by atoms with Crippen molar-refractivity contribution in [3.05, 3.63) is 66.7 Å². The highest BCUT2D eigenvalue weighted by atomic mass is 16.6. The van der Waals surface area contributed by atoms with Gasteiger partial charge in [0, 0.05) is 5.56 Å². The highest BCUT2D eigenvalue weighted by molar-refractivity contribution is 5.77. The Balaban J connectivity index is 1.47. The van der Waals surface area contributed by atoms with E-state index in [1.807, 2.05) is 0 Å². The molecule has 0 saturated heterocycles. The van der Waals surface area contributed by atoms with Crippen molar-refractivity contribution in [2.75, 3.05) is 72.7 Å². The molecule has 0 spiro atoms. The number of ether oxygens (including phenoxy) is 7. The van der Waals surface area contributed by atoms with Gasteiger partial charge in [-0.15, -0.1) is 0 Å². The Hall–Kier alpha value is -3.63. The maximum Gasteiger partial charge on any atom is 0.329 e. The molecule has 3 aromatic carbocycles. The quantitative estimate of drug-likeness (QED) is 0.0564. The number of carbonyl (C=O) groups is 1. The normalized spacial score (nSPS) is 11.2. The number of hydrogen-bond donors (Lipinski definition) is 1. The van der Waals surface area contributed by atoms with Gasteiger partial charge < -0.3 is 38.3 Å². The lowest BCUT2D eigenvalue weighted by Crippen LogP contribution is -2.15. The lowest BCUT2D eigenvalue weighted by atomic mass is 9.99. The summed E-state index contributed by atoms with van der Waals surface area (Å²) >= 11 is 0. The van der Waals surface area contributed by atoms with Crippen LogP contribution in [0.15, 0.2) is 66.7 Å². The third-order valence-corrected chi connectivity index (χ3v) is 10.2. The Morgan fingerprint density at radius 2 is 0.797 bits per heavy atom. The molecule has 0 radical (unpaired) electrons. The number of benzene rings is 3. The van der Waals surface area contributed by atoms with E-state index in [4.69, 9.17) is 38.3 Å². The average molecular weight is 821 g/mol. The van der Waals surface area contributed by atoms with E-state index in [1.165, 1.54) is 103 Å². The van der Waals surface area contributed by atoms with Crippen molar-refractivity contribution in [3.8, 4) is 39.5 Å². The van der Waals surface area contributed by atoms with E-state index in [9.17, 15) is 4.79 Å². The third kappa shape index (κ3) is 24.3. The zero-order valence-electron chi connectivity index (χ0n) is 36.6. The fourth-order valence-corrected chi connectivity index (χ4v) is 6.77. The molecule has 0 aliphatic rings. The van der Waals surface area contributed by atoms with Crippen LogP contribution in [0.25, 0.3) is 22.3 Å². The lowest BCUT2D eigenvalue weighted by Gasteiger charge is -2.15. The number of carboxylic acids is 1. The largest absolute Gasteiger partial charge is 0.494 e. The molecule has 0 amide bonds. The average Bonchev–Trinajstić information content (AvgIpc) is 3.25. The first-order chi connectivity index (χ1) is 29.1. The molecule has 0 heterocycles. The fraction of sp³-hybridized carbons (Fsp3) is 0.620. The SMILES string of the molecule is CCCCCCCCCCCOc1ccc(-c2ccc(-c3ccc(OCCCCCCCCCCC)cc3)c(OCCOCCOCCOCCOCC(=O)O)c2)cc1. The van der Waals surface area contributed by atoms with Gasteiger partial charge in [0.05, 0.1) is 59.5 Å². The van der Waals surface area contributed by atoms with E-state index >= 15 is 0 Å². The summed E-state index contributed by atoms with van der Waals surface area (Å²) in [6.07, 6.45) is 23.4. The van der Waals surface area contributed by atoms with Gasteiger partial charge >= 0.3 is 5.97 Å². The number of unbranched alkanes of at least 4 members (excludes halogenated alkanes) is 16. The summed E-state index contributed by atoms with van der Waals surface area (Å²) in [5.74, 6) is 1.59. The van der Waals surface area contributed by atoms with Crippen molar-refractivity contribution in [2.24, 2.45) is 0 Å². The van der Waals surface area contributed by atoms with Crippen molar-refractivity contribution in [3.63, 3.8) is 0 Å². The van der Waals surface area contributed by atoms with Crippen LogP contribution in [-0.4, -0.2) is 83.8 Å². The molecule has 0 unspecified atom stereocenters. The molecule has 3 rings (SSSR count). The molecule has 0 fully saturated rings. The molecule has 0 atom stereocenters. The summed E-state index contributed by atoms with van der Waals surface area (Å²) in [6, 6.07) is 23.1. The van der Waals surface area contributed by atoms with Gasteiger partial charge in [-0.25, -0.2) is 4.79 Å². The van der Waals surface area contributed by atoms with Crippen LogP contribution < -0.4 is 14.2 Å². The highest BCUT2D eigenvalue weighted by Gasteiger charge is 2.11. The second kappa shape index (κ2) is 34.1. The summed E-state index contributed by atoms with van der Waals surface area (Å²) in [6.45, 7) is 8.77. The first-order valence-corrected chi connectivity index (χ1v) is 22.9. The molecule has 0 aromatic heterocycles. The van der Waals surface area contributed by atoms with Gasteiger partial charge in [-0.3, -0.25) is 0 Å². The van der Waals surface area contributed by atoms with Crippen LogP contribution in [0.3, 0.4) is 0 Å². The minimum Gasteiger partial charge on any atom is -0.494 e. The van der Waals surface area contributed by atoms with Crippen LogP contribution in [0, 0.1) is 0 Å². The third-order valence-electron chi connectivity index (χ3n) is 10.2. The van der Waals surface area contributed by atoms with Crippen LogP contribution in [-0.2, 0) is 23.7 Å². The predicted octanol–water partition coefficient (Wildman–Crippen LogP) is 12.4. The molecule has 0 aliphatic carbocycles. The smallest absolute Gasteiger partial charge is 0.329 e. The Bertz CT molecular complexity index is 1440. The summed E-state index contributed by atoms with van der Waals surface area (Å²) in [5.41, 5.74) is 4.24. The van der Waals surface area contributed by atoms with Crippen molar-refractivity contribution in [1.29, 1.82) is 0 Å². The van der Waals surface area contributed by atoms with Crippen LogP contribution in [0.4, 0.5) is 0 Å². The zero-order valence-corrected chi connectivity index (χ0v) is 36.6. The van der Waals surface area contributed by atoms with Gasteiger partial charge in [0.1, 0.15) is 30.5 Å². The molecule has 0 bridgehead atoms. The van der Waals surface area contributed by atoms with Crippen molar-refractivity contribution >= 4 is 5.97 Å². The molecule has 3 aromatic rings. The standard InChI is InChI=1S/C50H76O9/c1-3-5-7-9-11-13-15-17-19-31-57-46-26-21-43(22-27-46)45-25-30-48(44-23-28-47(29-24-44)58-32-20-18-16-14-12-10-8-6-4-2)49(41-45)59-40-39-55-36-35-53-33-34-54-37-38-56-42-50(51)52/h21-30,41H,3-20,31-40,42H2,1-2H3,(H,51,52). The van der Waals surface area contributed by atoms with E-state index < -0.39 is 5.97 Å². The number of hydrogen-bond acceptors (Lipinski definition) is 8. The first kappa shape index (κ1) is 49.7. The molecule has 9 nitrogen and oxygen atoms in total. The van der Waals surface area contributed by atoms with E-state index in [-0.39, 0.29) is 13.2 Å². The van der Waals surface area contributed by atoms with E-state index in [1.54, 1.807) is 0 Å². The Labute approximate surface area is 356 Å². The topological polar surface area (TPSA) is 102 Å². The van der Waals surface area contributed by atoms with Gasteiger partial charge in [-0.05, 0) is 59.9 Å². The lowest BCUT2D eigenvalue weighted by molar-refractivity contribution is -0.142. The fourth-order valence-electron chi connectivity index (χ4n) is 6.77. The monoisotopic (exact) mass is 821 g/mol. The van der Waals surface area contributed by atoms with Crippen molar-refractivity contribution in [2.45, 2.75) is 129 Å². The molecule has 0 aliphatic heterocycles. The highest BCUT2D eigenvalue weighted by Crippen LogP contribution is 2.36. The van der Waals surface area contributed by atoms with E-state index in [0.29, 0.717) is 46.2 Å². The van der Waals surface area contributed by atoms with E-state index in [0.717, 1.165) is 65.6 Å². The van der Waals surface area contributed by atoms with Crippen molar-refractivity contribution < 1.29 is 43.1 Å². The van der Waals surface area contributed by atoms with Crippen molar-refractivity contribution in [1.82, 2.24) is 0 Å². The second-order valence-electron chi connectivity index (χ2n) is 15.2. The Morgan fingerprint density at radius 3 is 1.25 bits per heavy atom. The second-order valence-corrected chi connectivity index (χ2v) is 15.2. The summed E-state index contributed by atoms with van der Waals surface area (Å²) in [7, 11) is 0. The molecular formula is C50H76O9. The zero-order chi connectivity index (χ0) is 41.9. The number of rotatable bonds is 39. The minimum atomic E-state index is -0.992. The summed E-state index contributed by atoms with van der Waals surface area (Å²) in [5, 5.41) is 8.58.